The number of rotatable bonds is 8. The molecule has 0 amide bonds. The molecule has 29 heavy (non-hydrogen) atoms. The lowest BCUT2D eigenvalue weighted by Crippen LogP contribution is -2.14. The van der Waals surface area contributed by atoms with Crippen LogP contribution in [0.5, 0.6) is 0 Å². The SMILES string of the molecule is CCOC(=O)CSc1nc2ccc(NS(=O)(=O)c3ccccc3[N+](=O)[O-])cc2s1. The van der Waals surface area contributed by atoms with E-state index in [1.807, 2.05) is 0 Å². The van der Waals surface area contributed by atoms with Crippen molar-refractivity contribution in [3.63, 3.8) is 0 Å². The van der Waals surface area contributed by atoms with Gasteiger partial charge in [-0.05, 0) is 31.2 Å². The second-order valence-corrected chi connectivity index (χ2v) is 9.49. The number of benzene rings is 2. The van der Waals surface area contributed by atoms with Crippen molar-refractivity contribution in [2.24, 2.45) is 0 Å². The summed E-state index contributed by atoms with van der Waals surface area (Å²) in [6.07, 6.45) is 0. The minimum absolute atomic E-state index is 0.130. The highest BCUT2D eigenvalue weighted by Crippen LogP contribution is 2.32. The van der Waals surface area contributed by atoms with Crippen LogP contribution in [-0.4, -0.2) is 36.7 Å². The third-order valence-electron chi connectivity index (χ3n) is 3.59. The Morgan fingerprint density at radius 1 is 1.31 bits per heavy atom. The van der Waals surface area contributed by atoms with Crippen LogP contribution in [-0.2, 0) is 19.6 Å². The third-order valence-corrected chi connectivity index (χ3v) is 7.15. The molecule has 3 rings (SSSR count). The second kappa shape index (κ2) is 8.76. The molecule has 0 aliphatic heterocycles. The van der Waals surface area contributed by atoms with Crippen molar-refractivity contribution >= 4 is 60.7 Å². The van der Waals surface area contributed by atoms with Gasteiger partial charge in [0, 0.05) is 6.07 Å². The zero-order valence-electron chi connectivity index (χ0n) is 15.0. The Balaban J connectivity index is 1.82. The van der Waals surface area contributed by atoms with Gasteiger partial charge in [-0.2, -0.15) is 0 Å². The van der Waals surface area contributed by atoms with Crippen molar-refractivity contribution in [2.45, 2.75) is 16.2 Å². The van der Waals surface area contributed by atoms with Gasteiger partial charge in [0.05, 0.1) is 33.2 Å². The number of fused-ring (bicyclic) bond motifs is 1. The molecule has 1 aromatic heterocycles. The number of nitro groups is 1. The van der Waals surface area contributed by atoms with Crippen molar-refractivity contribution in [1.82, 2.24) is 4.98 Å². The standard InChI is InChI=1S/C17H15N3O6S3/c1-2-26-16(21)10-27-17-18-12-8-7-11(9-14(12)28-17)19-29(24,25)15-6-4-3-5-13(15)20(22)23/h3-9,19H,2,10H2,1H3. The number of thioether (sulfide) groups is 1. The lowest BCUT2D eigenvalue weighted by molar-refractivity contribution is -0.387. The Hall–Kier alpha value is -2.70. The highest BCUT2D eigenvalue weighted by molar-refractivity contribution is 8.01. The van der Waals surface area contributed by atoms with E-state index in [-0.39, 0.29) is 17.4 Å². The van der Waals surface area contributed by atoms with Crippen LogP contribution in [0, 0.1) is 10.1 Å². The summed E-state index contributed by atoms with van der Waals surface area (Å²) >= 11 is 2.54. The fourth-order valence-corrected chi connectivity index (χ4v) is 5.53. The molecule has 0 atom stereocenters. The number of nitro benzene ring substituents is 1. The first-order valence-electron chi connectivity index (χ1n) is 8.25. The zero-order chi connectivity index (χ0) is 21.0. The molecule has 1 N–H and O–H groups in total. The molecule has 0 unspecified atom stereocenters. The van der Waals surface area contributed by atoms with Crippen LogP contribution in [0.2, 0.25) is 0 Å². The maximum atomic E-state index is 12.6. The number of esters is 1. The number of thiazole rings is 1. The highest BCUT2D eigenvalue weighted by atomic mass is 32.2. The molecule has 2 aromatic carbocycles. The number of sulfonamides is 1. The second-order valence-electron chi connectivity index (χ2n) is 5.59. The average molecular weight is 454 g/mol. The van der Waals surface area contributed by atoms with Crippen molar-refractivity contribution in [2.75, 3.05) is 17.1 Å². The molecular weight excluding hydrogens is 438 g/mol. The van der Waals surface area contributed by atoms with E-state index in [0.29, 0.717) is 21.2 Å². The first kappa shape index (κ1) is 21.0. The summed E-state index contributed by atoms with van der Waals surface area (Å²) in [7, 11) is -4.15. The first-order valence-corrected chi connectivity index (χ1v) is 11.5. The summed E-state index contributed by atoms with van der Waals surface area (Å²) in [6.45, 7) is 2.04. The van der Waals surface area contributed by atoms with E-state index in [4.69, 9.17) is 4.74 Å². The number of para-hydroxylation sites is 1. The number of hydrogen-bond acceptors (Lipinski definition) is 9. The Labute approximate surface area is 174 Å². The van der Waals surface area contributed by atoms with E-state index in [2.05, 4.69) is 9.71 Å². The topological polar surface area (TPSA) is 128 Å². The number of nitrogens with one attached hydrogen (secondary N) is 1. The number of ether oxygens (including phenoxy) is 1. The quantitative estimate of drug-likeness (QED) is 0.237. The summed E-state index contributed by atoms with van der Waals surface area (Å²) in [6, 6.07) is 9.88. The predicted molar refractivity (Wildman–Crippen MR) is 111 cm³/mol. The Bertz CT molecular complexity index is 1180. The van der Waals surface area contributed by atoms with Gasteiger partial charge in [-0.15, -0.1) is 11.3 Å². The molecule has 0 saturated carbocycles. The summed E-state index contributed by atoms with van der Waals surface area (Å²) in [5, 5.41) is 11.1. The van der Waals surface area contributed by atoms with Crippen LogP contribution in [0.15, 0.2) is 51.7 Å². The molecule has 0 fully saturated rings. The van der Waals surface area contributed by atoms with Crippen LogP contribution in [0.4, 0.5) is 11.4 Å². The van der Waals surface area contributed by atoms with Gasteiger partial charge in [0.1, 0.15) is 0 Å². The Morgan fingerprint density at radius 2 is 2.07 bits per heavy atom. The van der Waals surface area contributed by atoms with Gasteiger partial charge in [0.25, 0.3) is 15.7 Å². The van der Waals surface area contributed by atoms with Crippen LogP contribution in [0.25, 0.3) is 10.2 Å². The monoisotopic (exact) mass is 453 g/mol. The molecule has 0 bridgehead atoms. The van der Waals surface area contributed by atoms with Crippen LogP contribution >= 0.6 is 23.1 Å². The summed E-state index contributed by atoms with van der Waals surface area (Å²) in [4.78, 5) is 25.8. The summed E-state index contributed by atoms with van der Waals surface area (Å²) in [5.74, 6) is -0.208. The minimum Gasteiger partial charge on any atom is -0.465 e. The lowest BCUT2D eigenvalue weighted by Gasteiger charge is -2.08. The molecule has 0 spiro atoms. The van der Waals surface area contributed by atoms with Crippen molar-refractivity contribution in [3.8, 4) is 0 Å². The van der Waals surface area contributed by atoms with Crippen LogP contribution in [0.3, 0.4) is 0 Å². The van der Waals surface area contributed by atoms with Crippen molar-refractivity contribution < 1.29 is 22.9 Å². The van der Waals surface area contributed by atoms with Crippen molar-refractivity contribution in [3.05, 3.63) is 52.6 Å². The van der Waals surface area contributed by atoms with Gasteiger partial charge >= 0.3 is 5.97 Å². The maximum absolute atomic E-state index is 12.6. The average Bonchev–Trinajstić information content (AvgIpc) is 3.08. The molecule has 0 saturated heterocycles. The molecule has 12 heteroatoms. The number of carbonyl (C=O) groups is 1. The lowest BCUT2D eigenvalue weighted by atomic mass is 10.3. The fourth-order valence-electron chi connectivity index (χ4n) is 2.40. The third kappa shape index (κ3) is 5.02. The Morgan fingerprint density at radius 3 is 2.79 bits per heavy atom. The first-order chi connectivity index (χ1) is 13.8. The smallest absolute Gasteiger partial charge is 0.316 e. The van der Waals surface area contributed by atoms with Crippen molar-refractivity contribution in [1.29, 1.82) is 0 Å². The maximum Gasteiger partial charge on any atom is 0.316 e. The van der Waals surface area contributed by atoms with Gasteiger partial charge in [-0.3, -0.25) is 19.6 Å². The number of hydrogen-bond donors (Lipinski definition) is 1. The number of nitrogens with zero attached hydrogens (tertiary/aromatic N) is 2. The van der Waals surface area contributed by atoms with Gasteiger partial charge in [-0.1, -0.05) is 23.9 Å². The number of carbonyl (C=O) groups excluding carboxylic acids is 1. The molecule has 3 aromatic rings. The molecular formula is C17H15N3O6S3. The molecule has 1 heterocycles. The van der Waals surface area contributed by atoms with E-state index < -0.39 is 25.5 Å². The fraction of sp³-hybridized carbons (Fsp3) is 0.176. The largest absolute Gasteiger partial charge is 0.465 e. The molecule has 0 aliphatic carbocycles. The van der Waals surface area contributed by atoms with Crippen LogP contribution < -0.4 is 4.72 Å². The molecule has 0 aliphatic rings. The highest BCUT2D eigenvalue weighted by Gasteiger charge is 2.25. The van der Waals surface area contributed by atoms with Gasteiger partial charge in [0.2, 0.25) is 0 Å². The van der Waals surface area contributed by atoms with Gasteiger partial charge in [0.15, 0.2) is 9.24 Å². The normalized spacial score (nSPS) is 11.3. The number of aromatic nitrogens is 1. The molecule has 0 radical (unpaired) electrons. The van der Waals surface area contributed by atoms with E-state index in [0.717, 1.165) is 6.07 Å². The van der Waals surface area contributed by atoms with E-state index in [1.54, 1.807) is 19.1 Å². The summed E-state index contributed by atoms with van der Waals surface area (Å²) in [5.41, 5.74) is 0.396. The van der Waals surface area contributed by atoms with Crippen LogP contribution in [0.1, 0.15) is 6.92 Å². The van der Waals surface area contributed by atoms with E-state index in [9.17, 15) is 23.3 Å². The Kier molecular flexibility index (Phi) is 6.35. The van der Waals surface area contributed by atoms with E-state index >= 15 is 0 Å². The zero-order valence-corrected chi connectivity index (χ0v) is 17.5. The summed E-state index contributed by atoms with van der Waals surface area (Å²) < 4.78 is 33.8. The van der Waals surface area contributed by atoms with Gasteiger partial charge < -0.3 is 4.74 Å². The molecule has 152 valence electrons. The van der Waals surface area contributed by atoms with E-state index in [1.165, 1.54) is 47.4 Å². The molecule has 9 nitrogen and oxygen atoms in total. The predicted octanol–water partition coefficient (Wildman–Crippen LogP) is 3.66. The number of anilines is 1. The minimum atomic E-state index is -4.15. The van der Waals surface area contributed by atoms with Gasteiger partial charge in [-0.25, -0.2) is 13.4 Å².